The van der Waals surface area contributed by atoms with Crippen molar-refractivity contribution in [2.24, 2.45) is 0 Å². The molecule has 1 N–H and O–H groups in total. The van der Waals surface area contributed by atoms with Gasteiger partial charge in [0.2, 0.25) is 0 Å². The Morgan fingerprint density at radius 2 is 2.00 bits per heavy atom. The molecule has 18 heavy (non-hydrogen) atoms. The monoisotopic (exact) mass is 344 g/mol. The van der Waals surface area contributed by atoms with Crippen LogP contribution in [0, 0.1) is 0 Å². The van der Waals surface area contributed by atoms with Gasteiger partial charge in [-0.2, -0.15) is 0 Å². The summed E-state index contributed by atoms with van der Waals surface area (Å²) in [5.41, 5.74) is 1.02. The van der Waals surface area contributed by atoms with E-state index in [1.165, 1.54) is 6.07 Å². The number of halogens is 3. The number of carbonyl (C=O) groups is 1. The van der Waals surface area contributed by atoms with Gasteiger partial charge in [-0.05, 0) is 46.3 Å². The fraction of sp³-hybridized carbons (Fsp3) is 0. The van der Waals surface area contributed by atoms with E-state index in [0.29, 0.717) is 25.9 Å². The van der Waals surface area contributed by atoms with Crippen molar-refractivity contribution >= 4 is 50.7 Å². The lowest BCUT2D eigenvalue weighted by molar-refractivity contribution is 0.102. The molecule has 1 aromatic carbocycles. The van der Waals surface area contributed by atoms with E-state index in [1.807, 2.05) is 0 Å². The van der Waals surface area contributed by atoms with Gasteiger partial charge in [-0.25, -0.2) is 4.98 Å². The maximum atomic E-state index is 12.0. The smallest absolute Gasteiger partial charge is 0.255 e. The Morgan fingerprint density at radius 1 is 1.22 bits per heavy atom. The number of nitrogens with zero attached hydrogens (tertiary/aromatic N) is 1. The van der Waals surface area contributed by atoms with E-state index in [2.05, 4.69) is 26.2 Å². The first kappa shape index (κ1) is 13.3. The van der Waals surface area contributed by atoms with E-state index in [1.54, 1.807) is 30.5 Å². The predicted molar refractivity (Wildman–Crippen MR) is 76.4 cm³/mol. The number of aromatic nitrogens is 1. The minimum absolute atomic E-state index is 0.276. The van der Waals surface area contributed by atoms with Crippen LogP contribution in [0.1, 0.15) is 10.4 Å². The van der Waals surface area contributed by atoms with Crippen LogP contribution in [-0.4, -0.2) is 10.9 Å². The third-order valence-corrected chi connectivity index (χ3v) is 3.56. The number of rotatable bonds is 2. The lowest BCUT2D eigenvalue weighted by atomic mass is 10.2. The van der Waals surface area contributed by atoms with Crippen molar-refractivity contribution in [2.75, 3.05) is 5.32 Å². The van der Waals surface area contributed by atoms with Crippen molar-refractivity contribution < 1.29 is 4.79 Å². The van der Waals surface area contributed by atoms with E-state index in [9.17, 15) is 4.79 Å². The van der Waals surface area contributed by atoms with Crippen LogP contribution in [0.3, 0.4) is 0 Å². The molecule has 0 aliphatic carbocycles. The van der Waals surface area contributed by atoms with E-state index in [4.69, 9.17) is 23.2 Å². The predicted octanol–water partition coefficient (Wildman–Crippen LogP) is 4.40. The number of anilines is 1. The fourth-order valence-corrected chi connectivity index (χ4v) is 1.96. The molecule has 2 aromatic rings. The molecule has 0 saturated heterocycles. The molecule has 1 amide bonds. The first-order valence-electron chi connectivity index (χ1n) is 4.95. The SMILES string of the molecule is O=C(Nc1cccnc1Br)c1ccc(Cl)c(Cl)c1. The van der Waals surface area contributed by atoms with Crippen LogP contribution in [-0.2, 0) is 0 Å². The van der Waals surface area contributed by atoms with Gasteiger partial charge in [-0.3, -0.25) is 4.79 Å². The molecule has 0 aliphatic rings. The van der Waals surface area contributed by atoms with Crippen molar-refractivity contribution in [3.8, 4) is 0 Å². The Labute approximate surface area is 122 Å². The van der Waals surface area contributed by atoms with Gasteiger partial charge in [0.05, 0.1) is 15.7 Å². The maximum Gasteiger partial charge on any atom is 0.255 e. The molecule has 0 atom stereocenters. The van der Waals surface area contributed by atoms with Gasteiger partial charge >= 0.3 is 0 Å². The summed E-state index contributed by atoms with van der Waals surface area (Å²) in [5, 5.41) is 3.48. The van der Waals surface area contributed by atoms with Crippen LogP contribution in [0.25, 0.3) is 0 Å². The molecule has 2 rings (SSSR count). The molecule has 1 aromatic heterocycles. The minimum Gasteiger partial charge on any atom is -0.320 e. The number of hydrogen-bond donors (Lipinski definition) is 1. The number of amides is 1. The summed E-state index contributed by atoms with van der Waals surface area (Å²) in [6, 6.07) is 8.18. The summed E-state index contributed by atoms with van der Waals surface area (Å²) in [4.78, 5) is 16.0. The van der Waals surface area contributed by atoms with Gasteiger partial charge in [-0.1, -0.05) is 23.2 Å². The van der Waals surface area contributed by atoms with Gasteiger partial charge < -0.3 is 5.32 Å². The largest absolute Gasteiger partial charge is 0.320 e. The minimum atomic E-state index is -0.276. The summed E-state index contributed by atoms with van der Waals surface area (Å²) in [6.07, 6.45) is 1.62. The van der Waals surface area contributed by atoms with Crippen LogP contribution in [0.5, 0.6) is 0 Å². The Kier molecular flexibility index (Phi) is 4.22. The summed E-state index contributed by atoms with van der Waals surface area (Å²) in [7, 11) is 0. The average Bonchev–Trinajstić information content (AvgIpc) is 2.35. The second-order valence-corrected chi connectivity index (χ2v) is 4.99. The summed E-state index contributed by atoms with van der Waals surface area (Å²) in [6.45, 7) is 0. The third kappa shape index (κ3) is 3.02. The van der Waals surface area contributed by atoms with Gasteiger partial charge in [0.1, 0.15) is 4.60 Å². The zero-order chi connectivity index (χ0) is 13.1. The highest BCUT2D eigenvalue weighted by atomic mass is 79.9. The molecule has 0 aliphatic heterocycles. The molecule has 0 fully saturated rings. The summed E-state index contributed by atoms with van der Waals surface area (Å²) in [5.74, 6) is -0.276. The van der Waals surface area contributed by atoms with Crippen LogP contribution in [0.15, 0.2) is 41.1 Å². The third-order valence-electron chi connectivity index (χ3n) is 2.19. The highest BCUT2D eigenvalue weighted by Crippen LogP contribution is 2.24. The van der Waals surface area contributed by atoms with E-state index in [-0.39, 0.29) is 5.91 Å². The van der Waals surface area contributed by atoms with Gasteiger partial charge in [-0.15, -0.1) is 0 Å². The zero-order valence-electron chi connectivity index (χ0n) is 8.95. The second kappa shape index (κ2) is 5.69. The lowest BCUT2D eigenvalue weighted by Gasteiger charge is -2.07. The molecule has 0 saturated carbocycles. The van der Waals surface area contributed by atoms with Gasteiger partial charge in [0, 0.05) is 11.8 Å². The molecule has 0 spiro atoms. The molecule has 0 unspecified atom stereocenters. The molecule has 0 bridgehead atoms. The highest BCUT2D eigenvalue weighted by molar-refractivity contribution is 9.10. The van der Waals surface area contributed by atoms with Gasteiger partial charge in [0.25, 0.3) is 5.91 Å². The molecule has 0 radical (unpaired) electrons. The Bertz CT molecular complexity index is 604. The Hall–Kier alpha value is -1.10. The molecular weight excluding hydrogens is 339 g/mol. The number of nitrogens with one attached hydrogen (secondary N) is 1. The number of pyridine rings is 1. The molecule has 1 heterocycles. The van der Waals surface area contributed by atoms with Crippen LogP contribution in [0.4, 0.5) is 5.69 Å². The fourth-order valence-electron chi connectivity index (χ4n) is 1.31. The second-order valence-electron chi connectivity index (χ2n) is 3.42. The molecule has 92 valence electrons. The normalized spacial score (nSPS) is 10.2. The topological polar surface area (TPSA) is 42.0 Å². The molecule has 6 heteroatoms. The lowest BCUT2D eigenvalue weighted by Crippen LogP contribution is -2.12. The van der Waals surface area contributed by atoms with Crippen LogP contribution < -0.4 is 5.32 Å². The van der Waals surface area contributed by atoms with Crippen molar-refractivity contribution in [2.45, 2.75) is 0 Å². The maximum absolute atomic E-state index is 12.0. The Morgan fingerprint density at radius 3 is 2.67 bits per heavy atom. The number of carbonyl (C=O) groups excluding carboxylic acids is 1. The zero-order valence-corrected chi connectivity index (χ0v) is 12.1. The first-order valence-corrected chi connectivity index (χ1v) is 6.50. The molecule has 3 nitrogen and oxygen atoms in total. The van der Waals surface area contributed by atoms with Gasteiger partial charge in [0.15, 0.2) is 0 Å². The van der Waals surface area contributed by atoms with Crippen LogP contribution in [0.2, 0.25) is 10.0 Å². The number of benzene rings is 1. The Balaban J connectivity index is 2.22. The average molecular weight is 346 g/mol. The molecular formula is C12H7BrCl2N2O. The van der Waals surface area contributed by atoms with Crippen LogP contribution >= 0.6 is 39.1 Å². The van der Waals surface area contributed by atoms with E-state index < -0.39 is 0 Å². The first-order chi connectivity index (χ1) is 8.58. The van der Waals surface area contributed by atoms with Crippen molar-refractivity contribution in [1.29, 1.82) is 0 Å². The standard InChI is InChI=1S/C12H7BrCl2N2O/c13-11-10(2-1-5-16-11)17-12(18)7-3-4-8(14)9(15)6-7/h1-6H,(H,17,18). The highest BCUT2D eigenvalue weighted by Gasteiger charge is 2.10. The van der Waals surface area contributed by atoms with E-state index in [0.717, 1.165) is 0 Å². The van der Waals surface area contributed by atoms with Crippen molar-refractivity contribution in [1.82, 2.24) is 4.98 Å². The summed E-state index contributed by atoms with van der Waals surface area (Å²) >= 11 is 14.9. The van der Waals surface area contributed by atoms with E-state index >= 15 is 0 Å². The van der Waals surface area contributed by atoms with Crippen molar-refractivity contribution in [3.63, 3.8) is 0 Å². The summed E-state index contributed by atoms with van der Waals surface area (Å²) < 4.78 is 0.568. The van der Waals surface area contributed by atoms with Crippen molar-refractivity contribution in [3.05, 3.63) is 56.7 Å². The quantitative estimate of drug-likeness (QED) is 0.819. The number of hydrogen-bond acceptors (Lipinski definition) is 2.